The Morgan fingerprint density at radius 2 is 1.68 bits per heavy atom. The number of benzene rings is 2. The van der Waals surface area contributed by atoms with Gasteiger partial charge in [0.15, 0.2) is 0 Å². The predicted molar refractivity (Wildman–Crippen MR) is 113 cm³/mol. The van der Waals surface area contributed by atoms with Crippen LogP contribution >= 0.6 is 0 Å². The smallest absolute Gasteiger partial charge is 0.454 e. The van der Waals surface area contributed by atoms with Crippen LogP contribution in [0.5, 0.6) is 11.5 Å². The van der Waals surface area contributed by atoms with Gasteiger partial charge in [-0.1, -0.05) is 0 Å². The highest BCUT2D eigenvalue weighted by molar-refractivity contribution is 6.05. The molecule has 2 aromatic rings. The van der Waals surface area contributed by atoms with Gasteiger partial charge in [-0.3, -0.25) is 4.79 Å². The van der Waals surface area contributed by atoms with E-state index in [1.165, 1.54) is 20.3 Å². The minimum Gasteiger partial charge on any atom is -0.497 e. The van der Waals surface area contributed by atoms with Crippen molar-refractivity contribution >= 4 is 17.2 Å². The fraction of sp³-hybridized carbons (Fsp3) is 0.409. The van der Waals surface area contributed by atoms with Crippen molar-refractivity contribution in [3.05, 3.63) is 47.5 Å². The second-order valence-electron chi connectivity index (χ2n) is 7.31. The SMILES string of the molecule is COc1cc(OC)cc(C(C)Nc2cc(N3CCNCC3)ccc2C(=O)C(F)(F)F)c1. The maximum Gasteiger partial charge on any atom is 0.454 e. The zero-order valence-corrected chi connectivity index (χ0v) is 17.7. The summed E-state index contributed by atoms with van der Waals surface area (Å²) in [7, 11) is 3.04. The van der Waals surface area contributed by atoms with Gasteiger partial charge in [-0.05, 0) is 42.8 Å². The van der Waals surface area contributed by atoms with Crippen LogP contribution in [0.1, 0.15) is 28.9 Å². The summed E-state index contributed by atoms with van der Waals surface area (Å²) < 4.78 is 50.2. The third-order valence-corrected chi connectivity index (χ3v) is 5.23. The maximum atomic E-state index is 13.2. The van der Waals surface area contributed by atoms with Crippen molar-refractivity contribution in [3.8, 4) is 11.5 Å². The Balaban J connectivity index is 1.97. The van der Waals surface area contributed by atoms with Gasteiger partial charge in [0.25, 0.3) is 5.78 Å². The van der Waals surface area contributed by atoms with Crippen LogP contribution in [0.15, 0.2) is 36.4 Å². The Labute approximate surface area is 179 Å². The molecule has 31 heavy (non-hydrogen) atoms. The number of ketones is 1. The number of alkyl halides is 3. The van der Waals surface area contributed by atoms with Crippen LogP contribution in [0.2, 0.25) is 0 Å². The molecule has 0 bridgehead atoms. The minimum absolute atomic E-state index is 0.132. The molecule has 1 aliphatic heterocycles. The van der Waals surface area contributed by atoms with Crippen molar-refractivity contribution in [3.63, 3.8) is 0 Å². The van der Waals surface area contributed by atoms with E-state index in [1.54, 1.807) is 37.3 Å². The third-order valence-electron chi connectivity index (χ3n) is 5.23. The number of carbonyl (C=O) groups excluding carboxylic acids is 1. The molecule has 0 aliphatic carbocycles. The number of hydrogen-bond acceptors (Lipinski definition) is 6. The lowest BCUT2D eigenvalue weighted by Gasteiger charge is -2.30. The number of carbonyl (C=O) groups is 1. The summed E-state index contributed by atoms with van der Waals surface area (Å²) in [4.78, 5) is 14.1. The average molecular weight is 437 g/mol. The van der Waals surface area contributed by atoms with Crippen LogP contribution < -0.4 is 25.0 Å². The lowest BCUT2D eigenvalue weighted by atomic mass is 10.0. The fourth-order valence-corrected chi connectivity index (χ4v) is 3.52. The molecule has 168 valence electrons. The van der Waals surface area contributed by atoms with E-state index < -0.39 is 23.6 Å². The predicted octanol–water partition coefficient (Wildman–Crippen LogP) is 4.03. The van der Waals surface area contributed by atoms with Crippen LogP contribution in [0.25, 0.3) is 0 Å². The lowest BCUT2D eigenvalue weighted by Crippen LogP contribution is -2.43. The Kier molecular flexibility index (Phi) is 6.94. The van der Waals surface area contributed by atoms with Crippen LogP contribution in [0, 0.1) is 0 Å². The number of methoxy groups -OCH3 is 2. The number of Topliss-reactive ketones (excluding diaryl/α,β-unsaturated/α-hetero) is 1. The zero-order chi connectivity index (χ0) is 22.6. The minimum atomic E-state index is -4.96. The average Bonchev–Trinajstić information content (AvgIpc) is 2.78. The molecule has 1 unspecified atom stereocenters. The van der Waals surface area contributed by atoms with Crippen molar-refractivity contribution in [1.29, 1.82) is 0 Å². The molecule has 9 heteroatoms. The van der Waals surface area contributed by atoms with Crippen LogP contribution in [-0.2, 0) is 0 Å². The highest BCUT2D eigenvalue weighted by Gasteiger charge is 2.40. The number of nitrogens with one attached hydrogen (secondary N) is 2. The summed E-state index contributed by atoms with van der Waals surface area (Å²) in [5.74, 6) is -0.759. The van der Waals surface area contributed by atoms with E-state index in [0.29, 0.717) is 11.5 Å². The summed E-state index contributed by atoms with van der Waals surface area (Å²) in [5, 5.41) is 6.33. The Bertz CT molecular complexity index is 906. The largest absolute Gasteiger partial charge is 0.497 e. The van der Waals surface area contributed by atoms with Gasteiger partial charge in [0.1, 0.15) is 11.5 Å². The number of hydrogen-bond donors (Lipinski definition) is 2. The molecule has 2 N–H and O–H groups in total. The van der Waals surface area contributed by atoms with Crippen molar-refractivity contribution < 1.29 is 27.4 Å². The molecule has 0 aromatic heterocycles. The molecular formula is C22H26F3N3O3. The van der Waals surface area contributed by atoms with Gasteiger partial charge in [0.2, 0.25) is 0 Å². The van der Waals surface area contributed by atoms with Crippen LogP contribution in [-0.4, -0.2) is 52.4 Å². The van der Waals surface area contributed by atoms with E-state index in [2.05, 4.69) is 15.5 Å². The van der Waals surface area contributed by atoms with Crippen molar-refractivity contribution in [1.82, 2.24) is 5.32 Å². The first-order valence-electron chi connectivity index (χ1n) is 9.93. The second-order valence-corrected chi connectivity index (χ2v) is 7.31. The monoisotopic (exact) mass is 437 g/mol. The van der Waals surface area contributed by atoms with Crippen molar-refractivity contribution in [2.75, 3.05) is 50.6 Å². The number of nitrogens with zero attached hydrogens (tertiary/aromatic N) is 1. The Morgan fingerprint density at radius 3 is 2.23 bits per heavy atom. The van der Waals surface area contributed by atoms with Gasteiger partial charge < -0.3 is 25.0 Å². The molecular weight excluding hydrogens is 411 g/mol. The van der Waals surface area contributed by atoms with E-state index in [1.807, 2.05) is 0 Å². The quantitative estimate of drug-likeness (QED) is 0.638. The molecule has 1 saturated heterocycles. The highest BCUT2D eigenvalue weighted by atomic mass is 19.4. The van der Waals surface area contributed by atoms with E-state index in [0.717, 1.165) is 37.4 Å². The van der Waals surface area contributed by atoms with Gasteiger partial charge in [-0.25, -0.2) is 0 Å². The molecule has 1 heterocycles. The van der Waals surface area contributed by atoms with Crippen molar-refractivity contribution in [2.24, 2.45) is 0 Å². The van der Waals surface area contributed by atoms with Gasteiger partial charge in [0, 0.05) is 49.7 Å². The van der Waals surface area contributed by atoms with Gasteiger partial charge in [-0.2, -0.15) is 13.2 Å². The molecule has 0 saturated carbocycles. The summed E-state index contributed by atoms with van der Waals surface area (Å²) in [6, 6.07) is 9.25. The van der Waals surface area contributed by atoms with Gasteiger partial charge >= 0.3 is 6.18 Å². The summed E-state index contributed by atoms with van der Waals surface area (Å²) in [6.07, 6.45) is -4.96. The number of anilines is 2. The van der Waals surface area contributed by atoms with Crippen LogP contribution in [0.4, 0.5) is 24.5 Å². The topological polar surface area (TPSA) is 62.8 Å². The molecule has 0 spiro atoms. The molecule has 1 fully saturated rings. The highest BCUT2D eigenvalue weighted by Crippen LogP contribution is 2.34. The number of piperazine rings is 1. The standard InChI is InChI=1S/C22H26F3N3O3/c1-14(15-10-17(30-2)13-18(11-15)31-3)27-20-12-16(28-8-6-26-7-9-28)4-5-19(20)21(29)22(23,24)25/h4-5,10-14,26-27H,6-9H2,1-3H3. The molecule has 2 aromatic carbocycles. The van der Waals surface area contributed by atoms with Crippen LogP contribution in [0.3, 0.4) is 0 Å². The zero-order valence-electron chi connectivity index (χ0n) is 17.7. The number of halogens is 3. The Morgan fingerprint density at radius 1 is 1.06 bits per heavy atom. The van der Waals surface area contributed by atoms with Crippen molar-refractivity contribution in [2.45, 2.75) is 19.1 Å². The molecule has 0 radical (unpaired) electrons. The first-order chi connectivity index (χ1) is 14.7. The normalized spacial score (nSPS) is 15.4. The molecule has 1 atom stereocenters. The van der Waals surface area contributed by atoms with E-state index in [4.69, 9.17) is 9.47 Å². The first-order valence-corrected chi connectivity index (χ1v) is 9.93. The Hall–Kier alpha value is -2.94. The number of rotatable bonds is 7. The second kappa shape index (κ2) is 9.47. The summed E-state index contributed by atoms with van der Waals surface area (Å²) in [6.45, 7) is 4.83. The van der Waals surface area contributed by atoms with E-state index in [9.17, 15) is 18.0 Å². The lowest BCUT2D eigenvalue weighted by molar-refractivity contribution is -0.0884. The fourth-order valence-electron chi connectivity index (χ4n) is 3.52. The molecule has 6 nitrogen and oxygen atoms in total. The third kappa shape index (κ3) is 5.41. The first kappa shape index (κ1) is 22.7. The molecule has 1 aliphatic rings. The van der Waals surface area contributed by atoms with Gasteiger partial charge in [0.05, 0.1) is 19.8 Å². The van der Waals surface area contributed by atoms with Gasteiger partial charge in [-0.15, -0.1) is 0 Å². The van der Waals surface area contributed by atoms with E-state index in [-0.39, 0.29) is 5.69 Å². The summed E-state index contributed by atoms with van der Waals surface area (Å²) in [5.41, 5.74) is 1.23. The maximum absolute atomic E-state index is 13.2. The summed E-state index contributed by atoms with van der Waals surface area (Å²) >= 11 is 0. The van der Waals surface area contributed by atoms with E-state index >= 15 is 0 Å². The number of ether oxygens (including phenoxy) is 2. The molecule has 3 rings (SSSR count). The molecule has 0 amide bonds.